The number of hydrogen-bond donors (Lipinski definition) is 0. The molecule has 2 aliphatic rings. The van der Waals surface area contributed by atoms with Crippen molar-refractivity contribution in [3.63, 3.8) is 0 Å². The molecule has 1 atom stereocenters. The maximum atomic E-state index is 12.4. The lowest BCUT2D eigenvalue weighted by atomic mass is 9.98. The van der Waals surface area contributed by atoms with Crippen molar-refractivity contribution in [3.05, 3.63) is 111 Å². The molecular weight excluding hydrogens is 464 g/mol. The van der Waals surface area contributed by atoms with Crippen molar-refractivity contribution >= 4 is 40.3 Å². The number of nitro benzene ring substituents is 1. The van der Waals surface area contributed by atoms with Crippen LogP contribution in [-0.2, 0) is 0 Å². The van der Waals surface area contributed by atoms with Gasteiger partial charge in [-0.05, 0) is 58.8 Å². The number of carbonyl (C=O) groups excluding carboxylic acids is 1. The summed E-state index contributed by atoms with van der Waals surface area (Å²) in [4.78, 5) is 27.8. The Bertz CT molecular complexity index is 1370. The molecule has 8 nitrogen and oxygen atoms in total. The molecule has 0 saturated heterocycles. The van der Waals surface area contributed by atoms with Crippen molar-refractivity contribution in [1.82, 2.24) is 5.01 Å². The second-order valence-electron chi connectivity index (χ2n) is 7.91. The van der Waals surface area contributed by atoms with Crippen LogP contribution in [0.25, 0.3) is 6.08 Å². The number of nitro groups is 1. The Morgan fingerprint density at radius 3 is 2.43 bits per heavy atom. The number of aliphatic imine (C=N–C) groups is 1. The van der Waals surface area contributed by atoms with Gasteiger partial charge in [0, 0.05) is 18.6 Å². The molecule has 1 amide bonds. The summed E-state index contributed by atoms with van der Waals surface area (Å²) < 4.78 is 5.30. The minimum absolute atomic E-state index is 0.00686. The molecule has 0 bridgehead atoms. The van der Waals surface area contributed by atoms with Crippen molar-refractivity contribution in [2.45, 2.75) is 12.5 Å². The maximum Gasteiger partial charge on any atom is 0.311 e. The summed E-state index contributed by atoms with van der Waals surface area (Å²) in [6.45, 7) is 0. The molecule has 3 aromatic rings. The molecule has 5 rings (SSSR count). The van der Waals surface area contributed by atoms with Gasteiger partial charge < -0.3 is 4.74 Å². The molecule has 0 N–H and O–H groups in total. The summed E-state index contributed by atoms with van der Waals surface area (Å²) in [5.74, 6) is 1.22. The average Bonchev–Trinajstić information content (AvgIpc) is 3.48. The van der Waals surface area contributed by atoms with Crippen LogP contribution in [0.15, 0.2) is 93.9 Å². The number of hydrogen-bond acceptors (Lipinski definition) is 7. The third kappa shape index (κ3) is 4.71. The van der Waals surface area contributed by atoms with Gasteiger partial charge in [0.2, 0.25) is 0 Å². The summed E-state index contributed by atoms with van der Waals surface area (Å²) in [5.41, 5.74) is 3.66. The second-order valence-corrected chi connectivity index (χ2v) is 8.90. The Labute approximate surface area is 205 Å². The van der Waals surface area contributed by atoms with Gasteiger partial charge in [0.15, 0.2) is 5.84 Å². The standard InChI is InChI=1S/C26H20N4O4S/c1-34-21-13-9-19(10-14-21)23-16-22(18-5-3-2-4-6-18)28-29(23)25-24(35-26(31)27-25)15-17-7-11-20(12-8-17)30(32)33/h2-15,23H,16H2,1H3/b24-15-/t23-/m1/s1. The van der Waals surface area contributed by atoms with E-state index in [1.807, 2.05) is 54.6 Å². The van der Waals surface area contributed by atoms with Crippen molar-refractivity contribution in [1.29, 1.82) is 0 Å². The van der Waals surface area contributed by atoms with Gasteiger partial charge in [-0.3, -0.25) is 14.9 Å². The van der Waals surface area contributed by atoms with Gasteiger partial charge in [0.05, 0.1) is 28.7 Å². The van der Waals surface area contributed by atoms with Crippen LogP contribution >= 0.6 is 11.8 Å². The highest BCUT2D eigenvalue weighted by atomic mass is 32.2. The fraction of sp³-hybridized carbons (Fsp3) is 0.115. The zero-order valence-electron chi connectivity index (χ0n) is 18.7. The lowest BCUT2D eigenvalue weighted by Crippen LogP contribution is -2.26. The van der Waals surface area contributed by atoms with E-state index in [0.29, 0.717) is 17.2 Å². The minimum Gasteiger partial charge on any atom is -0.497 e. The number of ether oxygens (including phenoxy) is 1. The molecule has 2 heterocycles. The van der Waals surface area contributed by atoms with Crippen LogP contribution in [0.1, 0.15) is 29.2 Å². The Hall–Kier alpha value is -4.24. The fourth-order valence-electron chi connectivity index (χ4n) is 4.00. The van der Waals surface area contributed by atoms with Gasteiger partial charge in [-0.15, -0.1) is 0 Å². The first-order chi connectivity index (χ1) is 17.0. The lowest BCUT2D eigenvalue weighted by Gasteiger charge is -2.24. The highest BCUT2D eigenvalue weighted by Gasteiger charge is 2.36. The fourth-order valence-corrected chi connectivity index (χ4v) is 4.75. The first kappa shape index (κ1) is 22.5. The Morgan fingerprint density at radius 2 is 1.77 bits per heavy atom. The Balaban J connectivity index is 1.53. The summed E-state index contributed by atoms with van der Waals surface area (Å²) in [7, 11) is 1.62. The predicted octanol–water partition coefficient (Wildman–Crippen LogP) is 6.06. The van der Waals surface area contributed by atoms with E-state index in [-0.39, 0.29) is 17.0 Å². The van der Waals surface area contributed by atoms with Crippen molar-refractivity contribution in [2.75, 3.05) is 7.11 Å². The van der Waals surface area contributed by atoms with Crippen LogP contribution in [0.5, 0.6) is 5.75 Å². The number of methoxy groups -OCH3 is 1. The normalized spacial score (nSPS) is 18.5. The number of nitrogens with zero attached hydrogens (tertiary/aromatic N) is 4. The van der Waals surface area contributed by atoms with Crippen molar-refractivity contribution in [3.8, 4) is 5.75 Å². The third-order valence-electron chi connectivity index (χ3n) is 5.75. The molecule has 0 aromatic heterocycles. The Morgan fingerprint density at radius 1 is 1.06 bits per heavy atom. The predicted molar refractivity (Wildman–Crippen MR) is 137 cm³/mol. The molecule has 2 aliphatic heterocycles. The van der Waals surface area contributed by atoms with Gasteiger partial charge in [-0.2, -0.15) is 10.1 Å². The summed E-state index contributed by atoms with van der Waals surface area (Å²) in [5, 5.41) is 17.4. The number of hydrazone groups is 1. The van der Waals surface area contributed by atoms with E-state index in [2.05, 4.69) is 4.99 Å². The van der Waals surface area contributed by atoms with E-state index >= 15 is 0 Å². The molecule has 0 unspecified atom stereocenters. The summed E-state index contributed by atoms with van der Waals surface area (Å²) in [6.07, 6.45) is 2.44. The van der Waals surface area contributed by atoms with Crippen LogP contribution in [0.2, 0.25) is 0 Å². The van der Waals surface area contributed by atoms with Crippen molar-refractivity contribution in [2.24, 2.45) is 10.1 Å². The lowest BCUT2D eigenvalue weighted by molar-refractivity contribution is -0.384. The third-order valence-corrected chi connectivity index (χ3v) is 6.54. The molecule has 0 fully saturated rings. The van der Waals surface area contributed by atoms with Crippen LogP contribution < -0.4 is 4.74 Å². The van der Waals surface area contributed by atoms with Gasteiger partial charge in [0.25, 0.3) is 5.69 Å². The molecule has 174 valence electrons. The van der Waals surface area contributed by atoms with Gasteiger partial charge in [-0.1, -0.05) is 42.5 Å². The first-order valence-corrected chi connectivity index (χ1v) is 11.7. The van der Waals surface area contributed by atoms with E-state index in [9.17, 15) is 14.9 Å². The van der Waals surface area contributed by atoms with Gasteiger partial charge >= 0.3 is 5.24 Å². The molecule has 0 aliphatic carbocycles. The van der Waals surface area contributed by atoms with E-state index in [4.69, 9.17) is 9.84 Å². The molecule has 35 heavy (non-hydrogen) atoms. The first-order valence-electron chi connectivity index (χ1n) is 10.8. The molecule has 0 saturated carbocycles. The van der Waals surface area contributed by atoms with Crippen LogP contribution in [-0.4, -0.2) is 33.8 Å². The van der Waals surface area contributed by atoms with Crippen LogP contribution in [0, 0.1) is 10.1 Å². The molecule has 3 aromatic carbocycles. The number of non-ortho nitro benzene ring substituents is 1. The van der Waals surface area contributed by atoms with E-state index in [0.717, 1.165) is 39.9 Å². The smallest absolute Gasteiger partial charge is 0.311 e. The number of benzene rings is 3. The number of rotatable bonds is 5. The number of thioether (sulfide) groups is 1. The highest BCUT2D eigenvalue weighted by Crippen LogP contribution is 2.40. The monoisotopic (exact) mass is 484 g/mol. The van der Waals surface area contributed by atoms with E-state index in [1.165, 1.54) is 12.1 Å². The molecule has 0 spiro atoms. The second kappa shape index (κ2) is 9.55. The van der Waals surface area contributed by atoms with E-state index < -0.39 is 4.92 Å². The summed E-state index contributed by atoms with van der Waals surface area (Å²) in [6, 6.07) is 23.7. The minimum atomic E-state index is -0.443. The topological polar surface area (TPSA) is 97.4 Å². The molecule has 9 heteroatoms. The summed E-state index contributed by atoms with van der Waals surface area (Å²) >= 11 is 1.02. The molecule has 0 radical (unpaired) electrons. The SMILES string of the molecule is COc1ccc([C@H]2CC(c3ccccc3)=NN2C2=NC(=O)S/C2=C\c2ccc([N+](=O)[O-])cc2)cc1. The van der Waals surface area contributed by atoms with Crippen LogP contribution in [0.3, 0.4) is 0 Å². The average molecular weight is 485 g/mol. The van der Waals surface area contributed by atoms with Gasteiger partial charge in [-0.25, -0.2) is 5.01 Å². The van der Waals surface area contributed by atoms with E-state index in [1.54, 1.807) is 30.3 Å². The highest BCUT2D eigenvalue weighted by molar-refractivity contribution is 8.18. The molecular formula is C26H20N4O4S. The quantitative estimate of drug-likeness (QED) is 0.322. The largest absolute Gasteiger partial charge is 0.497 e. The number of amides is 1. The maximum absolute atomic E-state index is 12.4. The number of carbonyl (C=O) groups is 1. The van der Waals surface area contributed by atoms with Crippen molar-refractivity contribution < 1.29 is 14.5 Å². The zero-order valence-corrected chi connectivity index (χ0v) is 19.5. The van der Waals surface area contributed by atoms with Gasteiger partial charge in [0.1, 0.15) is 5.75 Å². The Kier molecular flexibility index (Phi) is 6.15. The zero-order chi connectivity index (χ0) is 24.4. The number of amidine groups is 1. The van der Waals surface area contributed by atoms with Crippen LogP contribution in [0.4, 0.5) is 10.5 Å².